The molecule has 1 unspecified atom stereocenters. The van der Waals surface area contributed by atoms with E-state index in [0.29, 0.717) is 22.0 Å². The Morgan fingerprint density at radius 1 is 1.33 bits per heavy atom. The van der Waals surface area contributed by atoms with Crippen LogP contribution in [-0.2, 0) is 5.88 Å². The molecule has 0 radical (unpaired) electrons. The number of rotatable bonds is 2. The minimum Gasteiger partial charge on any atom is -0.323 e. The first-order valence-corrected chi connectivity index (χ1v) is 8.15. The quantitative estimate of drug-likeness (QED) is 0.742. The average molecular weight is 322 g/mol. The Morgan fingerprint density at radius 3 is 2.78 bits per heavy atom. The second-order valence-electron chi connectivity index (χ2n) is 4.30. The smallest absolute Gasteiger partial charge is 0.125 e. The largest absolute Gasteiger partial charge is 0.323 e. The third kappa shape index (κ3) is 2.11. The van der Waals surface area contributed by atoms with Gasteiger partial charge < -0.3 is 4.57 Å². The van der Waals surface area contributed by atoms with Crippen molar-refractivity contribution < 1.29 is 0 Å². The first kappa shape index (κ1) is 12.9. The highest BCUT2D eigenvalue weighted by Gasteiger charge is 2.23. The maximum atomic E-state index is 6.11. The maximum absolute atomic E-state index is 6.11. The van der Waals surface area contributed by atoms with Crippen molar-refractivity contribution in [2.24, 2.45) is 0 Å². The van der Waals surface area contributed by atoms with Gasteiger partial charge in [0.1, 0.15) is 5.82 Å². The molecule has 1 aliphatic rings. The SMILES string of the molecule is ClCc1nc2cc(Cl)c(Cl)cc2n1C1CCSC1. The molecule has 1 saturated heterocycles. The second-order valence-corrected chi connectivity index (χ2v) is 6.54. The standard InChI is InChI=1S/C12H11Cl3N2S/c13-5-12-16-10-3-8(14)9(15)4-11(10)17(12)7-1-2-18-6-7/h3-4,7H,1-2,5-6H2. The number of alkyl halides is 1. The second kappa shape index (κ2) is 5.12. The fourth-order valence-electron chi connectivity index (χ4n) is 2.37. The number of hydrogen-bond donors (Lipinski definition) is 0. The fourth-order valence-corrected chi connectivity index (χ4v) is 4.07. The van der Waals surface area contributed by atoms with Crippen LogP contribution in [0, 0.1) is 0 Å². The molecule has 2 aromatic rings. The van der Waals surface area contributed by atoms with Gasteiger partial charge in [0.05, 0.1) is 27.0 Å². The molecular formula is C12H11Cl3N2S. The van der Waals surface area contributed by atoms with E-state index >= 15 is 0 Å². The molecular weight excluding hydrogens is 311 g/mol. The Bertz CT molecular complexity index is 591. The van der Waals surface area contributed by atoms with Gasteiger partial charge in [0.15, 0.2) is 0 Å². The Kier molecular flexibility index (Phi) is 3.68. The topological polar surface area (TPSA) is 17.8 Å². The van der Waals surface area contributed by atoms with Crippen LogP contribution in [0.4, 0.5) is 0 Å². The van der Waals surface area contributed by atoms with Crippen LogP contribution in [0.5, 0.6) is 0 Å². The molecule has 2 heterocycles. The molecule has 2 nitrogen and oxygen atoms in total. The lowest BCUT2D eigenvalue weighted by atomic mass is 10.2. The van der Waals surface area contributed by atoms with E-state index in [2.05, 4.69) is 9.55 Å². The molecule has 1 aliphatic heterocycles. The van der Waals surface area contributed by atoms with Crippen molar-refractivity contribution in [2.75, 3.05) is 11.5 Å². The molecule has 0 saturated carbocycles. The number of halogens is 3. The van der Waals surface area contributed by atoms with Crippen molar-refractivity contribution >= 4 is 57.6 Å². The average Bonchev–Trinajstić information content (AvgIpc) is 2.96. The van der Waals surface area contributed by atoms with Crippen LogP contribution in [0.25, 0.3) is 11.0 Å². The molecule has 1 atom stereocenters. The molecule has 6 heteroatoms. The van der Waals surface area contributed by atoms with Gasteiger partial charge in [-0.15, -0.1) is 11.6 Å². The molecule has 18 heavy (non-hydrogen) atoms. The van der Waals surface area contributed by atoms with Gasteiger partial charge in [-0.05, 0) is 24.3 Å². The fraction of sp³-hybridized carbons (Fsp3) is 0.417. The number of imidazole rings is 1. The molecule has 0 aliphatic carbocycles. The summed E-state index contributed by atoms with van der Waals surface area (Å²) >= 11 is 20.1. The Balaban J connectivity index is 2.23. The predicted octanol–water partition coefficient (Wildman–Crippen LogP) is 4.76. The van der Waals surface area contributed by atoms with E-state index < -0.39 is 0 Å². The van der Waals surface area contributed by atoms with Crippen molar-refractivity contribution in [1.82, 2.24) is 9.55 Å². The van der Waals surface area contributed by atoms with Crippen molar-refractivity contribution in [2.45, 2.75) is 18.3 Å². The number of thioether (sulfide) groups is 1. The van der Waals surface area contributed by atoms with Gasteiger partial charge in [-0.2, -0.15) is 11.8 Å². The van der Waals surface area contributed by atoms with E-state index in [9.17, 15) is 0 Å². The van der Waals surface area contributed by atoms with E-state index in [1.54, 1.807) is 0 Å². The molecule has 0 spiro atoms. The monoisotopic (exact) mass is 320 g/mol. The Labute approximate surface area is 125 Å². The number of hydrogen-bond acceptors (Lipinski definition) is 2. The van der Waals surface area contributed by atoms with E-state index in [4.69, 9.17) is 34.8 Å². The van der Waals surface area contributed by atoms with Crippen LogP contribution < -0.4 is 0 Å². The van der Waals surface area contributed by atoms with Gasteiger partial charge in [-0.1, -0.05) is 23.2 Å². The first-order chi connectivity index (χ1) is 8.70. The van der Waals surface area contributed by atoms with Crippen LogP contribution >= 0.6 is 46.6 Å². The molecule has 0 bridgehead atoms. The molecule has 1 aromatic heterocycles. The lowest BCUT2D eigenvalue weighted by Gasteiger charge is -2.14. The number of benzene rings is 1. The van der Waals surface area contributed by atoms with Crippen LogP contribution in [0.3, 0.4) is 0 Å². The number of fused-ring (bicyclic) bond motifs is 1. The maximum Gasteiger partial charge on any atom is 0.125 e. The van der Waals surface area contributed by atoms with Gasteiger partial charge in [-0.25, -0.2) is 4.98 Å². The van der Waals surface area contributed by atoms with Crippen molar-refractivity contribution in [3.8, 4) is 0 Å². The lowest BCUT2D eigenvalue weighted by Crippen LogP contribution is -2.10. The van der Waals surface area contributed by atoms with Crippen molar-refractivity contribution in [1.29, 1.82) is 0 Å². The summed E-state index contributed by atoms with van der Waals surface area (Å²) in [4.78, 5) is 4.56. The Hall–Kier alpha value is -0.0900. The third-order valence-corrected chi connectivity index (χ3v) is 5.30. The zero-order valence-electron chi connectivity index (χ0n) is 9.50. The van der Waals surface area contributed by atoms with E-state index in [1.165, 1.54) is 5.75 Å². The lowest BCUT2D eigenvalue weighted by molar-refractivity contribution is 0.558. The van der Waals surface area contributed by atoms with Gasteiger partial charge in [-0.3, -0.25) is 0 Å². The zero-order valence-corrected chi connectivity index (χ0v) is 12.6. The molecule has 1 aromatic carbocycles. The highest BCUT2D eigenvalue weighted by atomic mass is 35.5. The molecule has 96 valence electrons. The van der Waals surface area contributed by atoms with Crippen LogP contribution in [0.2, 0.25) is 10.0 Å². The minimum absolute atomic E-state index is 0.408. The number of nitrogens with zero attached hydrogens (tertiary/aromatic N) is 2. The minimum atomic E-state index is 0.408. The summed E-state index contributed by atoms with van der Waals surface area (Å²) in [6.45, 7) is 0. The zero-order chi connectivity index (χ0) is 12.7. The molecule has 1 fully saturated rings. The summed E-state index contributed by atoms with van der Waals surface area (Å²) in [6, 6.07) is 4.17. The van der Waals surface area contributed by atoms with Crippen LogP contribution in [-0.4, -0.2) is 21.1 Å². The van der Waals surface area contributed by atoms with E-state index in [0.717, 1.165) is 29.0 Å². The third-order valence-electron chi connectivity index (χ3n) is 3.19. The summed E-state index contributed by atoms with van der Waals surface area (Å²) in [6.07, 6.45) is 1.15. The summed E-state index contributed by atoms with van der Waals surface area (Å²) < 4.78 is 2.23. The summed E-state index contributed by atoms with van der Waals surface area (Å²) in [5.74, 6) is 3.60. The van der Waals surface area contributed by atoms with Gasteiger partial charge in [0.25, 0.3) is 0 Å². The predicted molar refractivity (Wildman–Crippen MR) is 80.3 cm³/mol. The summed E-state index contributed by atoms with van der Waals surface area (Å²) in [5, 5.41) is 1.10. The summed E-state index contributed by atoms with van der Waals surface area (Å²) in [7, 11) is 0. The van der Waals surface area contributed by atoms with Crippen LogP contribution in [0.1, 0.15) is 18.3 Å². The summed E-state index contributed by atoms with van der Waals surface area (Å²) in [5.41, 5.74) is 1.91. The molecule has 3 rings (SSSR count). The van der Waals surface area contributed by atoms with Crippen molar-refractivity contribution in [3.05, 3.63) is 28.0 Å². The van der Waals surface area contributed by atoms with Crippen molar-refractivity contribution in [3.63, 3.8) is 0 Å². The first-order valence-electron chi connectivity index (χ1n) is 5.70. The molecule has 0 N–H and O–H groups in total. The normalized spacial score (nSPS) is 19.8. The molecule has 0 amide bonds. The Morgan fingerprint density at radius 2 is 2.11 bits per heavy atom. The highest BCUT2D eigenvalue weighted by Crippen LogP contribution is 2.35. The number of aromatic nitrogens is 2. The van der Waals surface area contributed by atoms with E-state index in [-0.39, 0.29) is 0 Å². The van der Waals surface area contributed by atoms with Gasteiger partial charge in [0.2, 0.25) is 0 Å². The van der Waals surface area contributed by atoms with E-state index in [1.807, 2.05) is 23.9 Å². The highest BCUT2D eigenvalue weighted by molar-refractivity contribution is 7.99. The van der Waals surface area contributed by atoms with Gasteiger partial charge in [0, 0.05) is 11.8 Å². The van der Waals surface area contributed by atoms with Crippen LogP contribution in [0.15, 0.2) is 12.1 Å². The van der Waals surface area contributed by atoms with Gasteiger partial charge >= 0.3 is 0 Å².